The van der Waals surface area contributed by atoms with E-state index in [0.717, 1.165) is 56.1 Å². The minimum absolute atomic E-state index is 0.0411. The molecule has 2 heterocycles. The fourth-order valence-corrected chi connectivity index (χ4v) is 2.99. The quantitative estimate of drug-likeness (QED) is 0.837. The molecule has 3 heteroatoms. The summed E-state index contributed by atoms with van der Waals surface area (Å²) in [5, 5.41) is 0. The van der Waals surface area contributed by atoms with Crippen molar-refractivity contribution in [1.29, 1.82) is 0 Å². The SMILES string of the molecule is C=CC(C)c1c(CCC2CCOCC2)cc(C)[nH]c1=O. The Labute approximate surface area is 121 Å². The first-order valence-electron chi connectivity index (χ1n) is 7.54. The van der Waals surface area contributed by atoms with Gasteiger partial charge in [-0.1, -0.05) is 13.0 Å². The predicted octanol–water partition coefficient (Wildman–Crippen LogP) is 3.33. The first-order valence-corrected chi connectivity index (χ1v) is 7.54. The van der Waals surface area contributed by atoms with Crippen LogP contribution in [0, 0.1) is 12.8 Å². The number of aromatic nitrogens is 1. The van der Waals surface area contributed by atoms with Gasteiger partial charge < -0.3 is 9.72 Å². The molecule has 20 heavy (non-hydrogen) atoms. The van der Waals surface area contributed by atoms with Crippen molar-refractivity contribution < 1.29 is 4.74 Å². The van der Waals surface area contributed by atoms with Crippen LogP contribution in [-0.2, 0) is 11.2 Å². The molecule has 0 aromatic carbocycles. The lowest BCUT2D eigenvalue weighted by Crippen LogP contribution is -2.20. The zero-order valence-corrected chi connectivity index (χ0v) is 12.6. The van der Waals surface area contributed by atoms with E-state index in [1.165, 1.54) is 5.56 Å². The molecular formula is C17H25NO2. The molecule has 0 aliphatic carbocycles. The molecule has 0 radical (unpaired) electrons. The summed E-state index contributed by atoms with van der Waals surface area (Å²) in [4.78, 5) is 15.1. The number of aryl methyl sites for hydroxylation is 2. The lowest BCUT2D eigenvalue weighted by molar-refractivity contribution is 0.0640. The molecule has 2 rings (SSSR count). The molecule has 1 fully saturated rings. The summed E-state index contributed by atoms with van der Waals surface area (Å²) in [7, 11) is 0. The van der Waals surface area contributed by atoms with Crippen molar-refractivity contribution >= 4 is 0 Å². The van der Waals surface area contributed by atoms with Gasteiger partial charge in [0.15, 0.2) is 0 Å². The Morgan fingerprint density at radius 1 is 1.50 bits per heavy atom. The van der Waals surface area contributed by atoms with E-state index in [0.29, 0.717) is 0 Å². The normalized spacial score (nSPS) is 17.9. The van der Waals surface area contributed by atoms with Gasteiger partial charge in [-0.3, -0.25) is 4.79 Å². The van der Waals surface area contributed by atoms with Crippen LogP contribution < -0.4 is 5.56 Å². The van der Waals surface area contributed by atoms with E-state index in [9.17, 15) is 4.79 Å². The highest BCUT2D eigenvalue weighted by Crippen LogP contribution is 2.24. The van der Waals surface area contributed by atoms with Crippen LogP contribution in [0.4, 0.5) is 0 Å². The third kappa shape index (κ3) is 3.60. The van der Waals surface area contributed by atoms with Crippen molar-refractivity contribution in [3.05, 3.63) is 45.9 Å². The van der Waals surface area contributed by atoms with E-state index in [1.54, 1.807) is 0 Å². The molecule has 0 bridgehead atoms. The number of nitrogens with one attached hydrogen (secondary N) is 1. The summed E-state index contributed by atoms with van der Waals surface area (Å²) in [5.74, 6) is 0.833. The molecule has 1 aliphatic heterocycles. The number of hydrogen-bond acceptors (Lipinski definition) is 2. The van der Waals surface area contributed by atoms with Crippen molar-refractivity contribution in [2.45, 2.75) is 45.4 Å². The Morgan fingerprint density at radius 3 is 2.85 bits per heavy atom. The molecule has 0 spiro atoms. The number of aromatic amines is 1. The number of hydrogen-bond donors (Lipinski definition) is 1. The zero-order valence-electron chi connectivity index (χ0n) is 12.6. The van der Waals surface area contributed by atoms with Crippen molar-refractivity contribution in [3.8, 4) is 0 Å². The number of H-pyrrole nitrogens is 1. The lowest BCUT2D eigenvalue weighted by Gasteiger charge is -2.22. The van der Waals surface area contributed by atoms with E-state index in [1.807, 2.05) is 19.9 Å². The largest absolute Gasteiger partial charge is 0.381 e. The average molecular weight is 275 g/mol. The molecule has 0 saturated carbocycles. The summed E-state index contributed by atoms with van der Waals surface area (Å²) >= 11 is 0. The van der Waals surface area contributed by atoms with Gasteiger partial charge in [0.25, 0.3) is 5.56 Å². The maximum atomic E-state index is 12.2. The van der Waals surface area contributed by atoms with Crippen molar-refractivity contribution in [2.75, 3.05) is 13.2 Å². The maximum absolute atomic E-state index is 12.2. The van der Waals surface area contributed by atoms with Gasteiger partial charge in [-0.2, -0.15) is 0 Å². The predicted molar refractivity (Wildman–Crippen MR) is 82.3 cm³/mol. The van der Waals surface area contributed by atoms with Crippen LogP contribution in [0.3, 0.4) is 0 Å². The Kier molecular flexibility index (Phi) is 5.18. The molecule has 1 aromatic rings. The smallest absolute Gasteiger partial charge is 0.252 e. The summed E-state index contributed by atoms with van der Waals surface area (Å²) in [6.45, 7) is 9.57. The maximum Gasteiger partial charge on any atom is 0.252 e. The summed E-state index contributed by atoms with van der Waals surface area (Å²) in [6.07, 6.45) is 6.26. The summed E-state index contributed by atoms with van der Waals surface area (Å²) < 4.78 is 5.40. The molecule has 1 saturated heterocycles. The van der Waals surface area contributed by atoms with E-state index in [-0.39, 0.29) is 11.5 Å². The second kappa shape index (κ2) is 6.89. The van der Waals surface area contributed by atoms with Gasteiger partial charge in [0.2, 0.25) is 0 Å². The third-order valence-corrected chi connectivity index (χ3v) is 4.26. The number of allylic oxidation sites excluding steroid dienone is 1. The molecule has 3 nitrogen and oxygen atoms in total. The van der Waals surface area contributed by atoms with Crippen LogP contribution in [0.1, 0.15) is 48.9 Å². The second-order valence-electron chi connectivity index (χ2n) is 5.84. The van der Waals surface area contributed by atoms with Gasteiger partial charge >= 0.3 is 0 Å². The number of pyridine rings is 1. The Morgan fingerprint density at radius 2 is 2.20 bits per heavy atom. The van der Waals surface area contributed by atoms with Gasteiger partial charge in [-0.25, -0.2) is 0 Å². The van der Waals surface area contributed by atoms with Crippen molar-refractivity contribution in [2.24, 2.45) is 5.92 Å². The zero-order chi connectivity index (χ0) is 14.5. The van der Waals surface area contributed by atoms with Crippen LogP contribution in [0.25, 0.3) is 0 Å². The highest BCUT2D eigenvalue weighted by Gasteiger charge is 2.17. The highest BCUT2D eigenvalue weighted by atomic mass is 16.5. The van der Waals surface area contributed by atoms with Crippen LogP contribution >= 0.6 is 0 Å². The van der Waals surface area contributed by atoms with Gasteiger partial charge in [0.1, 0.15) is 0 Å². The molecule has 1 unspecified atom stereocenters. The van der Waals surface area contributed by atoms with Gasteiger partial charge in [0, 0.05) is 30.4 Å². The highest BCUT2D eigenvalue weighted by molar-refractivity contribution is 5.31. The van der Waals surface area contributed by atoms with Crippen LogP contribution in [0.5, 0.6) is 0 Å². The minimum Gasteiger partial charge on any atom is -0.381 e. The van der Waals surface area contributed by atoms with Crippen LogP contribution in [-0.4, -0.2) is 18.2 Å². The first-order chi connectivity index (χ1) is 9.61. The Bertz CT molecular complexity index is 512. The first kappa shape index (κ1) is 15.0. The van der Waals surface area contributed by atoms with E-state index < -0.39 is 0 Å². The van der Waals surface area contributed by atoms with Gasteiger partial charge in [-0.05, 0) is 50.2 Å². The van der Waals surface area contributed by atoms with Gasteiger partial charge in [0.05, 0.1) is 0 Å². The molecule has 0 amide bonds. The summed E-state index contributed by atoms with van der Waals surface area (Å²) in [5.41, 5.74) is 3.05. The van der Waals surface area contributed by atoms with E-state index >= 15 is 0 Å². The fraction of sp³-hybridized carbons (Fsp3) is 0.588. The number of ether oxygens (including phenoxy) is 1. The average Bonchev–Trinajstić information content (AvgIpc) is 2.45. The van der Waals surface area contributed by atoms with E-state index in [2.05, 4.69) is 17.6 Å². The standard InChI is InChI=1S/C17H25NO2/c1-4-12(2)16-15(11-13(3)18-17(16)19)6-5-14-7-9-20-10-8-14/h4,11-12,14H,1,5-10H2,2-3H3,(H,18,19). The molecule has 1 N–H and O–H groups in total. The monoisotopic (exact) mass is 275 g/mol. The number of rotatable bonds is 5. The summed E-state index contributed by atoms with van der Waals surface area (Å²) in [6, 6.07) is 2.12. The Hall–Kier alpha value is -1.35. The second-order valence-corrected chi connectivity index (χ2v) is 5.84. The molecule has 1 atom stereocenters. The molecule has 110 valence electrons. The topological polar surface area (TPSA) is 42.1 Å². The Balaban J connectivity index is 2.16. The lowest BCUT2D eigenvalue weighted by atomic mass is 9.89. The molecule has 1 aliphatic rings. The molecular weight excluding hydrogens is 250 g/mol. The van der Waals surface area contributed by atoms with E-state index in [4.69, 9.17) is 4.74 Å². The van der Waals surface area contributed by atoms with Crippen molar-refractivity contribution in [1.82, 2.24) is 4.98 Å². The van der Waals surface area contributed by atoms with Crippen molar-refractivity contribution in [3.63, 3.8) is 0 Å². The van der Waals surface area contributed by atoms with Gasteiger partial charge in [-0.15, -0.1) is 6.58 Å². The fourth-order valence-electron chi connectivity index (χ4n) is 2.99. The third-order valence-electron chi connectivity index (χ3n) is 4.26. The van der Waals surface area contributed by atoms with Crippen LogP contribution in [0.2, 0.25) is 0 Å². The molecule has 1 aromatic heterocycles. The van der Waals surface area contributed by atoms with Crippen LogP contribution in [0.15, 0.2) is 23.5 Å². The minimum atomic E-state index is 0.0411.